The maximum atomic E-state index is 12.4. The van der Waals surface area contributed by atoms with Crippen molar-refractivity contribution in [2.45, 2.75) is 44.6 Å². The summed E-state index contributed by atoms with van der Waals surface area (Å²) >= 11 is 3.41. The van der Waals surface area contributed by atoms with E-state index in [1.807, 2.05) is 29.2 Å². The smallest absolute Gasteiger partial charge is 0.226 e. The Balaban J connectivity index is 1.51. The molecule has 0 radical (unpaired) electrons. The van der Waals surface area contributed by atoms with Crippen LogP contribution in [0.5, 0.6) is 0 Å². The first kappa shape index (κ1) is 16.5. The highest BCUT2D eigenvalue weighted by molar-refractivity contribution is 9.10. The van der Waals surface area contributed by atoms with Crippen LogP contribution in [0.15, 0.2) is 28.7 Å². The number of carbonyl (C=O) groups is 2. The van der Waals surface area contributed by atoms with Gasteiger partial charge in [-0.2, -0.15) is 0 Å². The zero-order valence-corrected chi connectivity index (χ0v) is 14.9. The molecule has 2 aliphatic heterocycles. The van der Waals surface area contributed by atoms with Gasteiger partial charge >= 0.3 is 0 Å². The van der Waals surface area contributed by atoms with Crippen molar-refractivity contribution in [1.82, 2.24) is 9.80 Å². The minimum absolute atomic E-state index is 0.191. The molecule has 1 aromatic carbocycles. The molecule has 0 aromatic heterocycles. The quantitative estimate of drug-likeness (QED) is 0.810. The summed E-state index contributed by atoms with van der Waals surface area (Å²) in [6.45, 7) is 2.43. The van der Waals surface area contributed by atoms with Crippen molar-refractivity contribution in [2.75, 3.05) is 19.6 Å². The van der Waals surface area contributed by atoms with E-state index >= 15 is 0 Å². The van der Waals surface area contributed by atoms with Gasteiger partial charge in [0.05, 0.1) is 6.42 Å². The van der Waals surface area contributed by atoms with Gasteiger partial charge < -0.3 is 9.80 Å². The fourth-order valence-electron chi connectivity index (χ4n) is 3.53. The molecule has 0 aliphatic carbocycles. The highest BCUT2D eigenvalue weighted by Gasteiger charge is 2.30. The number of hydrogen-bond donors (Lipinski definition) is 0. The zero-order chi connectivity index (χ0) is 16.2. The standard InChI is InChI=1S/C18H23BrN2O2/c19-15-6-4-14(5-7-15)13-18(23)20-11-8-16(9-12-20)21-10-2-1-3-17(21)22/h4-7,16H,1-3,8-13H2. The van der Waals surface area contributed by atoms with Crippen LogP contribution in [0.25, 0.3) is 0 Å². The monoisotopic (exact) mass is 378 g/mol. The van der Waals surface area contributed by atoms with E-state index in [2.05, 4.69) is 20.8 Å². The van der Waals surface area contributed by atoms with E-state index in [1.165, 1.54) is 0 Å². The van der Waals surface area contributed by atoms with E-state index in [1.54, 1.807) is 0 Å². The number of likely N-dealkylation sites (tertiary alicyclic amines) is 2. The molecule has 0 N–H and O–H groups in total. The van der Waals surface area contributed by atoms with Gasteiger partial charge in [0.1, 0.15) is 0 Å². The Bertz CT molecular complexity index is 565. The van der Waals surface area contributed by atoms with Crippen LogP contribution in [0.4, 0.5) is 0 Å². The molecule has 124 valence electrons. The molecule has 1 aromatic rings. The van der Waals surface area contributed by atoms with Crippen molar-refractivity contribution in [1.29, 1.82) is 0 Å². The highest BCUT2D eigenvalue weighted by Crippen LogP contribution is 2.22. The number of carbonyl (C=O) groups excluding carboxylic acids is 2. The maximum absolute atomic E-state index is 12.4. The number of hydrogen-bond acceptors (Lipinski definition) is 2. The number of nitrogens with zero attached hydrogens (tertiary/aromatic N) is 2. The van der Waals surface area contributed by atoms with Crippen LogP contribution < -0.4 is 0 Å². The summed E-state index contributed by atoms with van der Waals surface area (Å²) in [7, 11) is 0. The topological polar surface area (TPSA) is 40.6 Å². The molecule has 3 rings (SSSR count). The van der Waals surface area contributed by atoms with Gasteiger partial charge in [0.2, 0.25) is 11.8 Å². The molecule has 2 aliphatic rings. The van der Waals surface area contributed by atoms with E-state index in [9.17, 15) is 9.59 Å². The predicted octanol–water partition coefficient (Wildman–Crippen LogP) is 3.00. The SMILES string of the molecule is O=C(Cc1ccc(Br)cc1)N1CCC(N2CCCCC2=O)CC1. The minimum Gasteiger partial charge on any atom is -0.342 e. The van der Waals surface area contributed by atoms with Crippen LogP contribution in [0.1, 0.15) is 37.7 Å². The lowest BCUT2D eigenvalue weighted by Gasteiger charge is -2.40. The summed E-state index contributed by atoms with van der Waals surface area (Å²) in [5.74, 6) is 0.492. The van der Waals surface area contributed by atoms with Crippen LogP contribution in [-0.4, -0.2) is 47.3 Å². The fourth-order valence-corrected chi connectivity index (χ4v) is 3.79. The van der Waals surface area contributed by atoms with Gasteiger partial charge in [-0.15, -0.1) is 0 Å². The third kappa shape index (κ3) is 4.14. The van der Waals surface area contributed by atoms with E-state index in [4.69, 9.17) is 0 Å². The largest absolute Gasteiger partial charge is 0.342 e. The number of amides is 2. The Morgan fingerprint density at radius 1 is 1.09 bits per heavy atom. The molecule has 23 heavy (non-hydrogen) atoms. The number of benzene rings is 1. The summed E-state index contributed by atoms with van der Waals surface area (Å²) in [4.78, 5) is 28.5. The normalized spacial score (nSPS) is 20.0. The summed E-state index contributed by atoms with van der Waals surface area (Å²) in [5.41, 5.74) is 1.05. The third-order valence-corrected chi connectivity index (χ3v) is 5.42. The Labute approximate surface area is 146 Å². The molecule has 5 heteroatoms. The molecule has 0 atom stereocenters. The Morgan fingerprint density at radius 2 is 1.78 bits per heavy atom. The molecule has 4 nitrogen and oxygen atoms in total. The third-order valence-electron chi connectivity index (χ3n) is 4.89. The van der Waals surface area contributed by atoms with Crippen LogP contribution in [0, 0.1) is 0 Å². The Hall–Kier alpha value is -1.36. The van der Waals surface area contributed by atoms with E-state index in [0.29, 0.717) is 24.8 Å². The first-order valence-corrected chi connectivity index (χ1v) is 9.24. The van der Waals surface area contributed by atoms with E-state index in [0.717, 1.165) is 55.4 Å². The van der Waals surface area contributed by atoms with Gasteiger partial charge in [0.15, 0.2) is 0 Å². The predicted molar refractivity (Wildman–Crippen MR) is 93.0 cm³/mol. The van der Waals surface area contributed by atoms with Crippen LogP contribution in [0.3, 0.4) is 0 Å². The Morgan fingerprint density at radius 3 is 2.43 bits per heavy atom. The average Bonchev–Trinajstić information content (AvgIpc) is 2.57. The summed E-state index contributed by atoms with van der Waals surface area (Å²) in [6, 6.07) is 8.25. The first-order valence-electron chi connectivity index (χ1n) is 8.45. The number of halogens is 1. The summed E-state index contributed by atoms with van der Waals surface area (Å²) in [6.07, 6.45) is 5.13. The molecule has 0 bridgehead atoms. The first-order chi connectivity index (χ1) is 11.1. The molecule has 2 amide bonds. The molecule has 0 spiro atoms. The number of piperidine rings is 2. The molecule has 2 heterocycles. The van der Waals surface area contributed by atoms with Gasteiger partial charge in [-0.3, -0.25) is 9.59 Å². The minimum atomic E-state index is 0.191. The van der Waals surface area contributed by atoms with Crippen LogP contribution >= 0.6 is 15.9 Å². The van der Waals surface area contributed by atoms with Gasteiger partial charge in [-0.05, 0) is 43.4 Å². The second-order valence-electron chi connectivity index (χ2n) is 6.46. The van der Waals surface area contributed by atoms with Crippen molar-refractivity contribution >= 4 is 27.7 Å². The van der Waals surface area contributed by atoms with Gasteiger partial charge in [0, 0.05) is 36.6 Å². The van der Waals surface area contributed by atoms with Gasteiger partial charge in [-0.25, -0.2) is 0 Å². The van der Waals surface area contributed by atoms with E-state index < -0.39 is 0 Å². The maximum Gasteiger partial charge on any atom is 0.226 e. The van der Waals surface area contributed by atoms with Crippen molar-refractivity contribution in [3.8, 4) is 0 Å². The molecular weight excluding hydrogens is 356 g/mol. The zero-order valence-electron chi connectivity index (χ0n) is 13.3. The van der Waals surface area contributed by atoms with Gasteiger partial charge in [-0.1, -0.05) is 28.1 Å². The van der Waals surface area contributed by atoms with Crippen molar-refractivity contribution in [2.24, 2.45) is 0 Å². The average molecular weight is 379 g/mol. The Kier molecular flexibility index (Phi) is 5.36. The van der Waals surface area contributed by atoms with Crippen molar-refractivity contribution in [3.05, 3.63) is 34.3 Å². The summed E-state index contributed by atoms with van der Waals surface area (Å²) < 4.78 is 1.03. The fraction of sp³-hybridized carbons (Fsp3) is 0.556. The lowest BCUT2D eigenvalue weighted by molar-refractivity contribution is -0.138. The summed E-state index contributed by atoms with van der Waals surface area (Å²) in [5, 5.41) is 0. The molecule has 0 unspecified atom stereocenters. The van der Waals surface area contributed by atoms with Crippen LogP contribution in [-0.2, 0) is 16.0 Å². The second kappa shape index (κ2) is 7.47. The lowest BCUT2D eigenvalue weighted by atomic mass is 9.99. The second-order valence-corrected chi connectivity index (χ2v) is 7.38. The molecule has 0 saturated carbocycles. The highest BCUT2D eigenvalue weighted by atomic mass is 79.9. The van der Waals surface area contributed by atoms with Crippen molar-refractivity contribution < 1.29 is 9.59 Å². The van der Waals surface area contributed by atoms with Gasteiger partial charge in [0.25, 0.3) is 0 Å². The van der Waals surface area contributed by atoms with Crippen molar-refractivity contribution in [3.63, 3.8) is 0 Å². The van der Waals surface area contributed by atoms with E-state index in [-0.39, 0.29) is 5.91 Å². The lowest BCUT2D eigenvalue weighted by Crippen LogP contribution is -2.50. The molecular formula is C18H23BrN2O2. The number of rotatable bonds is 3. The molecule has 2 fully saturated rings. The molecule has 2 saturated heterocycles. The van der Waals surface area contributed by atoms with Crippen LogP contribution in [0.2, 0.25) is 0 Å².